The molecule has 1 unspecified atom stereocenters. The van der Waals surface area contributed by atoms with Crippen LogP contribution in [0.1, 0.15) is 30.2 Å². The summed E-state index contributed by atoms with van der Waals surface area (Å²) in [4.78, 5) is 4.29. The quantitative estimate of drug-likeness (QED) is 0.870. The molecule has 5 heteroatoms. The van der Waals surface area contributed by atoms with E-state index in [-0.39, 0.29) is 12.1 Å². The zero-order valence-electron chi connectivity index (χ0n) is 10.5. The molecule has 2 N–H and O–H groups in total. The highest BCUT2D eigenvalue weighted by atomic mass is 16.5. The minimum atomic E-state index is -0.384. The Morgan fingerprint density at radius 3 is 2.72 bits per heavy atom. The fourth-order valence-electron chi connectivity index (χ4n) is 1.62. The molecule has 5 nitrogen and oxygen atoms in total. The van der Waals surface area contributed by atoms with Crippen LogP contribution in [-0.4, -0.2) is 23.4 Å². The Balaban J connectivity index is 2.10. The van der Waals surface area contributed by atoms with Gasteiger partial charge in [-0.25, -0.2) is 0 Å². The van der Waals surface area contributed by atoms with E-state index in [1.165, 1.54) is 0 Å². The fraction of sp³-hybridized carbons (Fsp3) is 0.385. The van der Waals surface area contributed by atoms with Crippen molar-refractivity contribution in [2.24, 2.45) is 5.73 Å². The lowest BCUT2D eigenvalue weighted by Gasteiger charge is -2.06. The number of rotatable bonds is 5. The Hall–Kier alpha value is -1.72. The van der Waals surface area contributed by atoms with Crippen molar-refractivity contribution in [2.75, 3.05) is 7.11 Å². The molecule has 1 aromatic heterocycles. The molecule has 2 rings (SSSR count). The van der Waals surface area contributed by atoms with E-state index in [0.717, 1.165) is 5.56 Å². The fourth-order valence-corrected chi connectivity index (χ4v) is 1.62. The molecule has 0 saturated heterocycles. The largest absolute Gasteiger partial charge is 0.381 e. The molecule has 2 atom stereocenters. The van der Waals surface area contributed by atoms with Crippen molar-refractivity contribution < 1.29 is 9.26 Å². The van der Waals surface area contributed by atoms with E-state index in [4.69, 9.17) is 15.0 Å². The molecule has 0 bridgehead atoms. The molecule has 18 heavy (non-hydrogen) atoms. The summed E-state index contributed by atoms with van der Waals surface area (Å²) in [5.41, 5.74) is 7.02. The first kappa shape index (κ1) is 12.7. The molecule has 2 aromatic rings. The van der Waals surface area contributed by atoms with Crippen LogP contribution in [0.5, 0.6) is 0 Å². The second-order valence-electron chi connectivity index (χ2n) is 4.19. The van der Waals surface area contributed by atoms with Gasteiger partial charge in [0.1, 0.15) is 6.04 Å². The van der Waals surface area contributed by atoms with Crippen LogP contribution in [0.3, 0.4) is 0 Å². The summed E-state index contributed by atoms with van der Waals surface area (Å²) >= 11 is 0. The molecule has 1 heterocycles. The van der Waals surface area contributed by atoms with E-state index in [9.17, 15) is 0 Å². The first-order valence-corrected chi connectivity index (χ1v) is 5.86. The van der Waals surface area contributed by atoms with Gasteiger partial charge in [-0.2, -0.15) is 4.98 Å². The van der Waals surface area contributed by atoms with E-state index >= 15 is 0 Å². The van der Waals surface area contributed by atoms with Crippen LogP contribution in [-0.2, 0) is 11.2 Å². The highest BCUT2D eigenvalue weighted by Crippen LogP contribution is 2.17. The van der Waals surface area contributed by atoms with Crippen molar-refractivity contribution in [1.82, 2.24) is 10.1 Å². The molecule has 0 aliphatic carbocycles. The Morgan fingerprint density at radius 1 is 1.33 bits per heavy atom. The SMILES string of the molecule is COC(C)Cc1noc([C@H](N)c2ccccc2)n1. The van der Waals surface area contributed by atoms with Crippen molar-refractivity contribution in [3.63, 3.8) is 0 Å². The molecule has 0 aliphatic rings. The minimum Gasteiger partial charge on any atom is -0.381 e. The Morgan fingerprint density at radius 2 is 2.06 bits per heavy atom. The maximum absolute atomic E-state index is 6.07. The van der Waals surface area contributed by atoms with Crippen LogP contribution in [0.4, 0.5) is 0 Å². The van der Waals surface area contributed by atoms with Crippen molar-refractivity contribution in [3.8, 4) is 0 Å². The smallest absolute Gasteiger partial charge is 0.248 e. The molecule has 0 fully saturated rings. The van der Waals surface area contributed by atoms with Gasteiger partial charge in [0.05, 0.1) is 6.10 Å². The molecule has 0 amide bonds. The molecular formula is C13H17N3O2. The van der Waals surface area contributed by atoms with Gasteiger partial charge in [-0.1, -0.05) is 35.5 Å². The molecule has 0 saturated carbocycles. The van der Waals surface area contributed by atoms with Gasteiger partial charge in [0, 0.05) is 13.5 Å². The summed E-state index contributed by atoms with van der Waals surface area (Å²) in [6, 6.07) is 9.29. The lowest BCUT2D eigenvalue weighted by Crippen LogP contribution is -2.13. The lowest BCUT2D eigenvalue weighted by molar-refractivity contribution is 0.116. The maximum atomic E-state index is 6.07. The summed E-state index contributed by atoms with van der Waals surface area (Å²) in [5.74, 6) is 1.05. The predicted molar refractivity (Wildman–Crippen MR) is 66.9 cm³/mol. The number of nitrogens with zero attached hydrogens (tertiary/aromatic N) is 2. The third kappa shape index (κ3) is 2.94. The van der Waals surface area contributed by atoms with Crippen LogP contribution in [0, 0.1) is 0 Å². The Labute approximate surface area is 106 Å². The van der Waals surface area contributed by atoms with Gasteiger partial charge in [0.2, 0.25) is 5.89 Å². The van der Waals surface area contributed by atoms with Gasteiger partial charge in [0.15, 0.2) is 5.82 Å². The number of hydrogen-bond donors (Lipinski definition) is 1. The van der Waals surface area contributed by atoms with Crippen molar-refractivity contribution >= 4 is 0 Å². The van der Waals surface area contributed by atoms with E-state index in [0.29, 0.717) is 18.1 Å². The number of ether oxygens (including phenoxy) is 1. The zero-order valence-corrected chi connectivity index (χ0v) is 10.5. The van der Waals surface area contributed by atoms with Gasteiger partial charge >= 0.3 is 0 Å². The van der Waals surface area contributed by atoms with Crippen LogP contribution < -0.4 is 5.73 Å². The van der Waals surface area contributed by atoms with Gasteiger partial charge in [-0.05, 0) is 12.5 Å². The first-order chi connectivity index (χ1) is 8.70. The normalized spacial score (nSPS) is 14.4. The Bertz CT molecular complexity index is 484. The van der Waals surface area contributed by atoms with Crippen molar-refractivity contribution in [2.45, 2.75) is 25.5 Å². The second-order valence-corrected chi connectivity index (χ2v) is 4.19. The van der Waals surface area contributed by atoms with Gasteiger partial charge < -0.3 is 15.0 Å². The summed E-state index contributed by atoms with van der Waals surface area (Å²) in [7, 11) is 1.65. The first-order valence-electron chi connectivity index (χ1n) is 5.86. The number of methoxy groups -OCH3 is 1. The zero-order chi connectivity index (χ0) is 13.0. The van der Waals surface area contributed by atoms with Gasteiger partial charge in [0.25, 0.3) is 0 Å². The van der Waals surface area contributed by atoms with Crippen LogP contribution in [0.25, 0.3) is 0 Å². The third-order valence-corrected chi connectivity index (χ3v) is 2.78. The second kappa shape index (κ2) is 5.75. The monoisotopic (exact) mass is 247 g/mol. The van der Waals surface area contributed by atoms with E-state index in [2.05, 4.69) is 10.1 Å². The number of nitrogens with two attached hydrogens (primary N) is 1. The molecule has 1 aromatic carbocycles. The average molecular weight is 247 g/mol. The number of aromatic nitrogens is 2. The molecule has 0 radical (unpaired) electrons. The lowest BCUT2D eigenvalue weighted by atomic mass is 10.1. The minimum absolute atomic E-state index is 0.0587. The van der Waals surface area contributed by atoms with Crippen LogP contribution >= 0.6 is 0 Å². The van der Waals surface area contributed by atoms with Crippen LogP contribution in [0.15, 0.2) is 34.9 Å². The molecular weight excluding hydrogens is 230 g/mol. The molecule has 0 aliphatic heterocycles. The van der Waals surface area contributed by atoms with Crippen molar-refractivity contribution in [1.29, 1.82) is 0 Å². The van der Waals surface area contributed by atoms with Crippen molar-refractivity contribution in [3.05, 3.63) is 47.6 Å². The maximum Gasteiger partial charge on any atom is 0.248 e. The number of benzene rings is 1. The van der Waals surface area contributed by atoms with Gasteiger partial charge in [-0.15, -0.1) is 0 Å². The highest BCUT2D eigenvalue weighted by Gasteiger charge is 2.17. The third-order valence-electron chi connectivity index (χ3n) is 2.78. The van der Waals surface area contributed by atoms with E-state index < -0.39 is 0 Å². The van der Waals surface area contributed by atoms with Crippen LogP contribution in [0.2, 0.25) is 0 Å². The summed E-state index contributed by atoms with van der Waals surface area (Å²) in [6.07, 6.45) is 0.671. The summed E-state index contributed by atoms with van der Waals surface area (Å²) < 4.78 is 10.3. The molecule has 96 valence electrons. The number of hydrogen-bond acceptors (Lipinski definition) is 5. The topological polar surface area (TPSA) is 74.2 Å². The van der Waals surface area contributed by atoms with E-state index in [1.807, 2.05) is 37.3 Å². The van der Waals surface area contributed by atoms with Gasteiger partial charge in [-0.3, -0.25) is 0 Å². The average Bonchev–Trinajstić information content (AvgIpc) is 2.87. The Kier molecular flexibility index (Phi) is 4.07. The predicted octanol–water partition coefficient (Wildman–Crippen LogP) is 1.70. The summed E-state index contributed by atoms with van der Waals surface area (Å²) in [6.45, 7) is 1.95. The summed E-state index contributed by atoms with van der Waals surface area (Å²) in [5, 5.41) is 3.90. The molecule has 0 spiro atoms. The van der Waals surface area contributed by atoms with E-state index in [1.54, 1.807) is 7.11 Å². The standard InChI is InChI=1S/C13H17N3O2/c1-9(17-2)8-11-15-13(18-16-11)12(14)10-6-4-3-5-7-10/h3-7,9,12H,8,14H2,1-2H3/t9?,12-/m1/s1. The highest BCUT2D eigenvalue weighted by molar-refractivity contribution is 5.22.